The lowest BCUT2D eigenvalue weighted by Crippen LogP contribution is -2.29. The molecular weight excluding hydrogens is 410 g/mol. The molecule has 4 aromatic rings. The van der Waals surface area contributed by atoms with E-state index in [1.807, 2.05) is 91.9 Å². The number of nitrogens with zero attached hydrogens (tertiary/aromatic N) is 1. The molecule has 4 heteroatoms. The predicted octanol–water partition coefficient (Wildman–Crippen LogP) is 7.23. The molecule has 4 rings (SSSR count). The predicted molar refractivity (Wildman–Crippen MR) is 132 cm³/mol. The van der Waals surface area contributed by atoms with Crippen molar-refractivity contribution in [1.29, 1.82) is 0 Å². The SMILES string of the molecule is Cc1ccc(C(=O)/C=C/c2ccc(OC(=O)N(c3ccccc3)c3ccccc3)cc2)cc1. The zero-order valence-electron chi connectivity index (χ0n) is 18.2. The number of allylic oxidation sites excluding steroid dienone is 1. The van der Waals surface area contributed by atoms with Crippen LogP contribution in [0, 0.1) is 6.92 Å². The number of ether oxygens (including phenoxy) is 1. The molecule has 4 aromatic carbocycles. The van der Waals surface area contributed by atoms with Crippen molar-refractivity contribution in [3.63, 3.8) is 0 Å². The van der Waals surface area contributed by atoms with Crippen LogP contribution in [-0.2, 0) is 0 Å². The molecule has 0 unspecified atom stereocenters. The Morgan fingerprint density at radius 2 is 1.24 bits per heavy atom. The molecule has 0 heterocycles. The van der Waals surface area contributed by atoms with Gasteiger partial charge < -0.3 is 4.74 Å². The van der Waals surface area contributed by atoms with E-state index in [0.29, 0.717) is 22.7 Å². The molecule has 0 radical (unpaired) electrons. The Balaban J connectivity index is 1.46. The topological polar surface area (TPSA) is 46.6 Å². The average molecular weight is 434 g/mol. The zero-order valence-corrected chi connectivity index (χ0v) is 18.2. The lowest BCUT2D eigenvalue weighted by molar-refractivity contribution is 0.104. The second-order valence-corrected chi connectivity index (χ2v) is 7.51. The van der Waals surface area contributed by atoms with Gasteiger partial charge in [0.15, 0.2) is 5.78 Å². The fraction of sp³-hybridized carbons (Fsp3) is 0.0345. The molecule has 0 spiro atoms. The second kappa shape index (κ2) is 10.2. The summed E-state index contributed by atoms with van der Waals surface area (Å²) in [6.45, 7) is 1.98. The molecule has 0 aliphatic heterocycles. The van der Waals surface area contributed by atoms with Crippen molar-refractivity contribution in [3.05, 3.63) is 132 Å². The number of rotatable bonds is 6. The zero-order chi connectivity index (χ0) is 23.0. The van der Waals surface area contributed by atoms with Gasteiger partial charge >= 0.3 is 6.09 Å². The molecule has 162 valence electrons. The molecule has 0 aromatic heterocycles. The molecule has 1 amide bonds. The Bertz CT molecular complexity index is 1210. The minimum atomic E-state index is -0.509. The first kappa shape index (κ1) is 21.8. The third kappa shape index (κ3) is 5.63. The van der Waals surface area contributed by atoms with Gasteiger partial charge in [0.2, 0.25) is 0 Å². The van der Waals surface area contributed by atoms with Crippen LogP contribution >= 0.6 is 0 Å². The van der Waals surface area contributed by atoms with Gasteiger partial charge in [-0.1, -0.05) is 84.4 Å². The van der Waals surface area contributed by atoms with Gasteiger partial charge in [-0.25, -0.2) is 9.69 Å². The van der Waals surface area contributed by atoms with Crippen LogP contribution in [0.15, 0.2) is 115 Å². The van der Waals surface area contributed by atoms with E-state index < -0.39 is 6.09 Å². The van der Waals surface area contributed by atoms with Crippen molar-refractivity contribution >= 4 is 29.3 Å². The first-order valence-corrected chi connectivity index (χ1v) is 10.6. The highest BCUT2D eigenvalue weighted by molar-refractivity contribution is 6.06. The molecule has 0 N–H and O–H groups in total. The highest BCUT2D eigenvalue weighted by Crippen LogP contribution is 2.26. The fourth-order valence-electron chi connectivity index (χ4n) is 3.29. The number of para-hydroxylation sites is 2. The highest BCUT2D eigenvalue weighted by atomic mass is 16.6. The molecule has 4 nitrogen and oxygen atoms in total. The maximum absolute atomic E-state index is 13.0. The van der Waals surface area contributed by atoms with E-state index >= 15 is 0 Å². The second-order valence-electron chi connectivity index (χ2n) is 7.51. The number of aryl methyl sites for hydroxylation is 1. The molecule has 0 bridgehead atoms. The minimum Gasteiger partial charge on any atom is -0.410 e. The molecular formula is C29H23NO3. The summed E-state index contributed by atoms with van der Waals surface area (Å²) in [7, 11) is 0. The van der Waals surface area contributed by atoms with E-state index in [1.54, 1.807) is 30.3 Å². The van der Waals surface area contributed by atoms with Crippen LogP contribution in [0.3, 0.4) is 0 Å². The molecule has 0 saturated carbocycles. The summed E-state index contributed by atoms with van der Waals surface area (Å²) in [5.74, 6) is 0.353. The summed E-state index contributed by atoms with van der Waals surface area (Å²) in [6, 6.07) is 33.2. The van der Waals surface area contributed by atoms with Gasteiger partial charge in [0.1, 0.15) is 5.75 Å². The van der Waals surface area contributed by atoms with Crippen LogP contribution in [0.25, 0.3) is 6.08 Å². The Hall–Kier alpha value is -4.44. The maximum Gasteiger partial charge on any atom is 0.424 e. The quantitative estimate of drug-likeness (QED) is 0.238. The molecule has 33 heavy (non-hydrogen) atoms. The lowest BCUT2D eigenvalue weighted by atomic mass is 10.1. The number of ketones is 1. The van der Waals surface area contributed by atoms with Crippen LogP contribution in [0.4, 0.5) is 16.2 Å². The molecule has 0 atom stereocenters. The number of hydrogen-bond donors (Lipinski definition) is 0. The summed E-state index contributed by atoms with van der Waals surface area (Å²) < 4.78 is 5.64. The number of amides is 1. The van der Waals surface area contributed by atoms with E-state index in [1.165, 1.54) is 11.0 Å². The summed E-state index contributed by atoms with van der Waals surface area (Å²) >= 11 is 0. The smallest absolute Gasteiger partial charge is 0.410 e. The van der Waals surface area contributed by atoms with Crippen LogP contribution in [0.1, 0.15) is 21.5 Å². The van der Waals surface area contributed by atoms with Crippen molar-refractivity contribution in [2.45, 2.75) is 6.92 Å². The van der Waals surface area contributed by atoms with Gasteiger partial charge in [-0.2, -0.15) is 0 Å². The van der Waals surface area contributed by atoms with Crippen molar-refractivity contribution in [1.82, 2.24) is 0 Å². The fourth-order valence-corrected chi connectivity index (χ4v) is 3.29. The van der Waals surface area contributed by atoms with Gasteiger partial charge in [0.05, 0.1) is 11.4 Å². The van der Waals surface area contributed by atoms with Gasteiger partial charge in [-0.05, 0) is 55.0 Å². The van der Waals surface area contributed by atoms with Crippen LogP contribution in [-0.4, -0.2) is 11.9 Å². The lowest BCUT2D eigenvalue weighted by Gasteiger charge is -2.22. The van der Waals surface area contributed by atoms with Gasteiger partial charge in [0, 0.05) is 5.56 Å². The third-order valence-electron chi connectivity index (χ3n) is 5.06. The van der Waals surface area contributed by atoms with Gasteiger partial charge in [0.25, 0.3) is 0 Å². The van der Waals surface area contributed by atoms with Crippen LogP contribution in [0.5, 0.6) is 5.75 Å². The molecule has 0 fully saturated rings. The van der Waals surface area contributed by atoms with E-state index in [-0.39, 0.29) is 5.78 Å². The Kier molecular flexibility index (Phi) is 6.76. The summed E-state index contributed by atoms with van der Waals surface area (Å²) in [5.41, 5.74) is 4.01. The van der Waals surface area contributed by atoms with Crippen LogP contribution in [0.2, 0.25) is 0 Å². The van der Waals surface area contributed by atoms with Gasteiger partial charge in [-0.15, -0.1) is 0 Å². The van der Waals surface area contributed by atoms with Crippen LogP contribution < -0.4 is 9.64 Å². The molecule has 0 aliphatic carbocycles. The van der Waals surface area contributed by atoms with Crippen molar-refractivity contribution in [2.24, 2.45) is 0 Å². The Morgan fingerprint density at radius 1 is 0.697 bits per heavy atom. The standard InChI is InChI=1S/C29H23NO3/c1-22-12-17-24(18-13-22)28(31)21-16-23-14-19-27(20-15-23)33-29(32)30(25-8-4-2-5-9-25)26-10-6-3-7-11-26/h2-21H,1H3/b21-16+. The number of hydrogen-bond acceptors (Lipinski definition) is 3. The Labute approximate surface area is 193 Å². The van der Waals surface area contributed by atoms with E-state index in [2.05, 4.69) is 0 Å². The first-order chi connectivity index (χ1) is 16.1. The van der Waals surface area contributed by atoms with E-state index in [9.17, 15) is 9.59 Å². The average Bonchev–Trinajstić information content (AvgIpc) is 2.85. The Morgan fingerprint density at radius 3 is 1.79 bits per heavy atom. The van der Waals surface area contributed by atoms with E-state index in [4.69, 9.17) is 4.74 Å². The van der Waals surface area contributed by atoms with Crippen molar-refractivity contribution < 1.29 is 14.3 Å². The normalized spacial score (nSPS) is 10.7. The monoisotopic (exact) mass is 433 g/mol. The summed E-state index contributed by atoms with van der Waals surface area (Å²) in [5, 5.41) is 0. The highest BCUT2D eigenvalue weighted by Gasteiger charge is 2.20. The van der Waals surface area contributed by atoms with Crippen molar-refractivity contribution in [2.75, 3.05) is 4.90 Å². The molecule has 0 aliphatic rings. The maximum atomic E-state index is 13.0. The number of carbonyl (C=O) groups excluding carboxylic acids is 2. The summed E-state index contributed by atoms with van der Waals surface area (Å²) in [6.07, 6.45) is 2.77. The third-order valence-corrected chi connectivity index (χ3v) is 5.06. The first-order valence-electron chi connectivity index (χ1n) is 10.6. The number of benzene rings is 4. The number of anilines is 2. The summed E-state index contributed by atoms with van der Waals surface area (Å²) in [4.78, 5) is 26.9. The largest absolute Gasteiger partial charge is 0.424 e. The number of carbonyl (C=O) groups is 2. The van der Waals surface area contributed by atoms with E-state index in [0.717, 1.165) is 11.1 Å². The van der Waals surface area contributed by atoms with Gasteiger partial charge in [-0.3, -0.25) is 4.79 Å². The minimum absolute atomic E-state index is 0.0631. The molecule has 0 saturated heterocycles. The van der Waals surface area contributed by atoms with Crippen molar-refractivity contribution in [3.8, 4) is 5.75 Å².